The Morgan fingerprint density at radius 3 is 1.65 bits per heavy atom. The molecule has 0 bridgehead atoms. The molecule has 8 aromatic carbocycles. The first-order valence-corrected chi connectivity index (χ1v) is 20.0. The summed E-state index contributed by atoms with van der Waals surface area (Å²) >= 11 is 5.67. The quantitative estimate of drug-likeness (QED) is 0.171. The van der Waals surface area contributed by atoms with Crippen LogP contribution in [0.5, 0.6) is 0 Å². The van der Waals surface area contributed by atoms with E-state index in [1.54, 1.807) is 0 Å². The summed E-state index contributed by atoms with van der Waals surface area (Å²) in [7, 11) is 0. The molecule has 3 heterocycles. The van der Waals surface area contributed by atoms with Gasteiger partial charge in [-0.3, -0.25) is 0 Å². The largest absolute Gasteiger partial charge is 0.308 e. The van der Waals surface area contributed by atoms with Gasteiger partial charge in [-0.1, -0.05) is 133 Å². The van der Waals surface area contributed by atoms with E-state index in [0.29, 0.717) is 0 Å². The second kappa shape index (κ2) is 11.9. The molecule has 0 radical (unpaired) electrons. The number of anilines is 3. The van der Waals surface area contributed by atoms with Gasteiger partial charge in [0, 0.05) is 61.5 Å². The van der Waals surface area contributed by atoms with Crippen LogP contribution in [0.25, 0.3) is 82.8 Å². The zero-order valence-electron chi connectivity index (χ0n) is 27.9. The van der Waals surface area contributed by atoms with E-state index >= 15 is 0 Å². The van der Waals surface area contributed by atoms with Crippen LogP contribution in [0, 0.1) is 0 Å². The fourth-order valence-electron chi connectivity index (χ4n) is 7.93. The lowest BCUT2D eigenvalue weighted by molar-refractivity contribution is 1.33. The predicted octanol–water partition coefficient (Wildman–Crippen LogP) is 15.6. The third-order valence-corrected chi connectivity index (χ3v) is 13.9. The number of fused-ring (bicyclic) bond motifs is 9. The van der Waals surface area contributed by atoms with Crippen molar-refractivity contribution in [2.75, 3.05) is 4.90 Å². The fourth-order valence-corrected chi connectivity index (χ4v) is 11.6. The number of rotatable bonds is 5. The van der Waals surface area contributed by atoms with Crippen molar-refractivity contribution in [1.29, 1.82) is 0 Å². The van der Waals surface area contributed by atoms with Gasteiger partial charge in [0.25, 0.3) is 0 Å². The summed E-state index contributed by atoms with van der Waals surface area (Å²) in [6, 6.07) is 64.7. The van der Waals surface area contributed by atoms with Gasteiger partial charge >= 0.3 is 0 Å². The number of thiophene rings is 3. The van der Waals surface area contributed by atoms with Crippen molar-refractivity contribution in [3.8, 4) is 22.3 Å². The van der Waals surface area contributed by atoms with Crippen LogP contribution in [-0.4, -0.2) is 0 Å². The Morgan fingerprint density at radius 1 is 0.327 bits per heavy atom. The third-order valence-electron chi connectivity index (χ3n) is 10.3. The molecule has 0 aliphatic carbocycles. The monoisotopic (exact) mass is 715 g/mol. The summed E-state index contributed by atoms with van der Waals surface area (Å²) in [6.07, 6.45) is 0. The summed E-state index contributed by atoms with van der Waals surface area (Å²) in [5, 5.41) is 7.78. The minimum absolute atomic E-state index is 1.16. The molecule has 244 valence electrons. The lowest BCUT2D eigenvalue weighted by Gasteiger charge is -2.27. The van der Waals surface area contributed by atoms with Gasteiger partial charge < -0.3 is 4.90 Å². The number of benzene rings is 8. The molecular formula is C48H29NS3. The second-order valence-corrected chi connectivity index (χ2v) is 16.4. The Bertz CT molecular complexity index is 3130. The van der Waals surface area contributed by atoms with Crippen LogP contribution in [-0.2, 0) is 0 Å². The molecule has 0 aliphatic heterocycles. The average molecular weight is 716 g/mol. The molecule has 0 N–H and O–H groups in total. The molecule has 4 heteroatoms. The summed E-state index contributed by atoms with van der Waals surface area (Å²) in [4.78, 5) is 2.54. The molecule has 11 rings (SSSR count). The number of nitrogens with zero attached hydrogens (tertiary/aromatic N) is 1. The smallest absolute Gasteiger partial charge is 0.0640 e. The normalized spacial score (nSPS) is 11.8. The molecule has 0 spiro atoms. The SMILES string of the molecule is c1ccc(-c2cccc3c2sc2ccc(N(c4cccc5c4sc4ccccc45)c4ccc(-c5ccccc5)c5sc6ccccc6c45)cc23)cc1. The first kappa shape index (κ1) is 29.9. The second-order valence-electron chi connectivity index (χ2n) is 13.2. The Morgan fingerprint density at radius 2 is 0.885 bits per heavy atom. The van der Waals surface area contributed by atoms with E-state index in [-0.39, 0.29) is 0 Å². The first-order chi connectivity index (χ1) is 25.8. The van der Waals surface area contributed by atoms with E-state index in [2.05, 4.69) is 181 Å². The summed E-state index contributed by atoms with van der Waals surface area (Å²) in [5.41, 5.74) is 8.61. The van der Waals surface area contributed by atoms with Crippen LogP contribution in [0.3, 0.4) is 0 Å². The van der Waals surface area contributed by atoms with Crippen LogP contribution < -0.4 is 4.90 Å². The zero-order valence-corrected chi connectivity index (χ0v) is 30.4. The highest BCUT2D eigenvalue weighted by Crippen LogP contribution is 2.52. The van der Waals surface area contributed by atoms with E-state index in [0.717, 1.165) is 5.69 Å². The molecule has 0 saturated heterocycles. The van der Waals surface area contributed by atoms with Crippen molar-refractivity contribution in [1.82, 2.24) is 0 Å². The summed E-state index contributed by atoms with van der Waals surface area (Å²) < 4.78 is 7.85. The zero-order chi connectivity index (χ0) is 34.2. The van der Waals surface area contributed by atoms with Crippen LogP contribution in [0.2, 0.25) is 0 Å². The van der Waals surface area contributed by atoms with Crippen molar-refractivity contribution < 1.29 is 0 Å². The highest BCUT2D eigenvalue weighted by molar-refractivity contribution is 7.27. The number of hydrogen-bond acceptors (Lipinski definition) is 4. The van der Waals surface area contributed by atoms with E-state index in [9.17, 15) is 0 Å². The van der Waals surface area contributed by atoms with Gasteiger partial charge in [0.2, 0.25) is 0 Å². The first-order valence-electron chi connectivity index (χ1n) is 17.5. The van der Waals surface area contributed by atoms with Crippen LogP contribution >= 0.6 is 34.0 Å². The maximum Gasteiger partial charge on any atom is 0.0640 e. The van der Waals surface area contributed by atoms with Crippen molar-refractivity contribution in [2.24, 2.45) is 0 Å². The Balaban J connectivity index is 1.23. The Labute approximate surface area is 312 Å². The Kier molecular flexibility index (Phi) is 6.84. The van der Waals surface area contributed by atoms with Gasteiger partial charge in [-0.2, -0.15) is 0 Å². The lowest BCUT2D eigenvalue weighted by Crippen LogP contribution is -2.10. The molecule has 0 atom stereocenters. The molecule has 0 amide bonds. The van der Waals surface area contributed by atoms with Crippen molar-refractivity contribution in [2.45, 2.75) is 0 Å². The predicted molar refractivity (Wildman–Crippen MR) is 231 cm³/mol. The van der Waals surface area contributed by atoms with Gasteiger partial charge in [-0.15, -0.1) is 34.0 Å². The van der Waals surface area contributed by atoms with Gasteiger partial charge in [-0.05, 0) is 64.7 Å². The van der Waals surface area contributed by atoms with Gasteiger partial charge in [0.05, 0.1) is 16.1 Å². The van der Waals surface area contributed by atoms with Crippen molar-refractivity contribution >= 4 is 112 Å². The van der Waals surface area contributed by atoms with E-state index in [4.69, 9.17) is 0 Å². The topological polar surface area (TPSA) is 3.24 Å². The average Bonchev–Trinajstić information content (AvgIpc) is 3.91. The Hall–Kier alpha value is -5.78. The van der Waals surface area contributed by atoms with E-state index < -0.39 is 0 Å². The minimum Gasteiger partial charge on any atom is -0.308 e. The molecule has 0 aliphatic rings. The highest BCUT2D eigenvalue weighted by atomic mass is 32.1. The van der Waals surface area contributed by atoms with Gasteiger partial charge in [0.15, 0.2) is 0 Å². The summed E-state index contributed by atoms with van der Waals surface area (Å²) in [6.45, 7) is 0. The standard InChI is InChI=1S/C48H29NS3/c1-3-13-30(14-4-1)33-19-11-20-37-39-29-32(25-28-44(39)50-46(33)37)49(41-22-12-21-36-35-17-7-9-23-42(35)51-47(36)41)40-27-26-34(31-15-5-2-6-16-31)48-45(40)38-18-8-10-24-43(38)52-48/h1-29H. The lowest BCUT2D eigenvalue weighted by atomic mass is 9.99. The maximum absolute atomic E-state index is 2.54. The molecule has 52 heavy (non-hydrogen) atoms. The highest BCUT2D eigenvalue weighted by Gasteiger charge is 2.24. The van der Waals surface area contributed by atoms with Crippen LogP contribution in [0.1, 0.15) is 0 Å². The van der Waals surface area contributed by atoms with Crippen LogP contribution in [0.4, 0.5) is 17.1 Å². The molecule has 0 unspecified atom stereocenters. The number of hydrogen-bond donors (Lipinski definition) is 0. The molecule has 1 nitrogen and oxygen atoms in total. The summed E-state index contributed by atoms with van der Waals surface area (Å²) in [5.74, 6) is 0. The van der Waals surface area contributed by atoms with Gasteiger partial charge in [-0.25, -0.2) is 0 Å². The molecule has 3 aromatic heterocycles. The molecule has 0 fully saturated rings. The van der Waals surface area contributed by atoms with Crippen molar-refractivity contribution in [3.05, 3.63) is 176 Å². The maximum atomic E-state index is 2.54. The van der Waals surface area contributed by atoms with Crippen LogP contribution in [0.15, 0.2) is 176 Å². The van der Waals surface area contributed by atoms with Crippen molar-refractivity contribution in [3.63, 3.8) is 0 Å². The molecule has 11 aromatic rings. The minimum atomic E-state index is 1.16. The molecule has 0 saturated carbocycles. The van der Waals surface area contributed by atoms with Gasteiger partial charge in [0.1, 0.15) is 0 Å². The molecular weight excluding hydrogens is 687 g/mol. The fraction of sp³-hybridized carbons (Fsp3) is 0. The third kappa shape index (κ3) is 4.59. The van der Waals surface area contributed by atoms with E-state index in [1.807, 2.05) is 34.0 Å². The van der Waals surface area contributed by atoms with E-state index in [1.165, 1.54) is 94.1 Å².